The molecule has 3 aromatic heterocycles. The van der Waals surface area contributed by atoms with Crippen LogP contribution in [0.3, 0.4) is 0 Å². The Labute approximate surface area is 262 Å². The summed E-state index contributed by atoms with van der Waals surface area (Å²) >= 11 is 0. The van der Waals surface area contributed by atoms with Gasteiger partial charge in [-0.15, -0.1) is 0 Å². The van der Waals surface area contributed by atoms with E-state index in [4.69, 9.17) is 9.47 Å². The predicted molar refractivity (Wildman–Crippen MR) is 169 cm³/mol. The van der Waals surface area contributed by atoms with Gasteiger partial charge in [0.15, 0.2) is 17.5 Å². The number of unbranched alkanes of at least 4 members (excludes halogenated alkanes) is 2. The number of hydrogen-bond acceptors (Lipinski definition) is 7. The zero-order valence-corrected chi connectivity index (χ0v) is 25.6. The van der Waals surface area contributed by atoms with Crippen molar-refractivity contribution in [3.05, 3.63) is 72.2 Å². The first-order valence-electron chi connectivity index (χ1n) is 15.6. The first kappa shape index (κ1) is 32.2. The highest BCUT2D eigenvalue weighted by atomic mass is 19.1. The van der Waals surface area contributed by atoms with E-state index in [0.717, 1.165) is 56.5 Å². The highest BCUT2D eigenvalue weighted by molar-refractivity contribution is 5.91. The summed E-state index contributed by atoms with van der Waals surface area (Å²) in [5.41, 5.74) is 2.18. The summed E-state index contributed by atoms with van der Waals surface area (Å²) in [5, 5.41) is 6.87. The van der Waals surface area contributed by atoms with Crippen molar-refractivity contribution in [3.8, 4) is 11.4 Å². The smallest absolute Gasteiger partial charge is 0.317 e. The van der Waals surface area contributed by atoms with Crippen LogP contribution in [0.15, 0.2) is 55.0 Å². The number of urea groups is 1. The Balaban J connectivity index is 0.994. The average molecular weight is 622 g/mol. The lowest BCUT2D eigenvalue weighted by Crippen LogP contribution is -2.47. The van der Waals surface area contributed by atoms with Crippen molar-refractivity contribution in [3.63, 3.8) is 0 Å². The summed E-state index contributed by atoms with van der Waals surface area (Å²) in [4.78, 5) is 30.1. The Morgan fingerprint density at radius 3 is 2.71 bits per heavy atom. The largest absolute Gasteiger partial charge is 0.379 e. The van der Waals surface area contributed by atoms with E-state index >= 15 is 0 Å². The van der Waals surface area contributed by atoms with E-state index in [2.05, 4.69) is 30.6 Å². The van der Waals surface area contributed by atoms with Gasteiger partial charge in [0.2, 0.25) is 0 Å². The van der Waals surface area contributed by atoms with Gasteiger partial charge in [-0.2, -0.15) is 0 Å². The highest BCUT2D eigenvalue weighted by Gasteiger charge is 2.25. The Kier molecular flexibility index (Phi) is 11.6. The van der Waals surface area contributed by atoms with Crippen LogP contribution in [0.5, 0.6) is 0 Å². The molecule has 45 heavy (non-hydrogen) atoms. The van der Waals surface area contributed by atoms with Gasteiger partial charge in [0.25, 0.3) is 0 Å². The Bertz CT molecular complexity index is 1520. The summed E-state index contributed by atoms with van der Waals surface area (Å²) in [6.07, 6.45) is 9.87. The molecule has 1 saturated carbocycles. The monoisotopic (exact) mass is 621 g/mol. The third-order valence-electron chi connectivity index (χ3n) is 7.94. The summed E-state index contributed by atoms with van der Waals surface area (Å²) in [7, 11) is 1.80. The number of anilines is 1. The van der Waals surface area contributed by atoms with Crippen molar-refractivity contribution >= 4 is 22.9 Å². The molecule has 0 aliphatic heterocycles. The maximum Gasteiger partial charge on any atom is 0.317 e. The fourth-order valence-corrected chi connectivity index (χ4v) is 5.51. The lowest BCUT2D eigenvalue weighted by molar-refractivity contribution is 0.0392. The van der Waals surface area contributed by atoms with Gasteiger partial charge >= 0.3 is 6.03 Å². The Hall–Kier alpha value is -4.16. The first-order valence-corrected chi connectivity index (χ1v) is 15.6. The number of hydrogen-bond donors (Lipinski definition) is 3. The molecule has 3 N–H and O–H groups in total. The SMILES string of the molecule is CN(CCCCCOCCOCc1ccccc1)C(=O)N[C@H]1CCC[C@@H](Nc2nc(-c3c[nH]c4ncc(F)cc34)ncc2F)C1. The summed E-state index contributed by atoms with van der Waals surface area (Å²) in [5.74, 6) is -0.710. The summed E-state index contributed by atoms with van der Waals surface area (Å²) < 4.78 is 39.8. The molecule has 12 heteroatoms. The maximum absolute atomic E-state index is 14.7. The molecule has 3 heterocycles. The van der Waals surface area contributed by atoms with Gasteiger partial charge in [0, 0.05) is 49.4 Å². The molecule has 0 radical (unpaired) electrons. The Morgan fingerprint density at radius 1 is 1.02 bits per heavy atom. The fraction of sp³-hybridized carbons (Fsp3) is 0.455. The predicted octanol–water partition coefficient (Wildman–Crippen LogP) is 6.07. The van der Waals surface area contributed by atoms with E-state index in [1.54, 1.807) is 18.1 Å². The number of carbonyl (C=O) groups excluding carboxylic acids is 1. The van der Waals surface area contributed by atoms with Crippen LogP contribution < -0.4 is 10.6 Å². The summed E-state index contributed by atoms with van der Waals surface area (Å²) in [6.45, 7) is 3.05. The fourth-order valence-electron chi connectivity index (χ4n) is 5.51. The molecule has 10 nitrogen and oxygen atoms in total. The van der Waals surface area contributed by atoms with Crippen molar-refractivity contribution in [2.45, 2.75) is 63.6 Å². The number of rotatable bonds is 15. The lowest BCUT2D eigenvalue weighted by Gasteiger charge is -2.32. The number of pyridine rings is 1. The molecule has 0 unspecified atom stereocenters. The van der Waals surface area contributed by atoms with Crippen LogP contribution >= 0.6 is 0 Å². The molecule has 4 aromatic rings. The van der Waals surface area contributed by atoms with Gasteiger partial charge in [-0.3, -0.25) is 0 Å². The number of halogens is 2. The van der Waals surface area contributed by atoms with Crippen molar-refractivity contribution in [1.82, 2.24) is 30.2 Å². The molecule has 0 spiro atoms. The molecule has 1 aliphatic rings. The van der Waals surface area contributed by atoms with Gasteiger partial charge in [-0.1, -0.05) is 30.3 Å². The highest BCUT2D eigenvalue weighted by Crippen LogP contribution is 2.28. The summed E-state index contributed by atoms with van der Waals surface area (Å²) in [6, 6.07) is 11.2. The number of nitrogens with one attached hydrogen (secondary N) is 3. The van der Waals surface area contributed by atoms with Gasteiger partial charge in [-0.25, -0.2) is 28.5 Å². The van der Waals surface area contributed by atoms with Gasteiger partial charge < -0.3 is 30.0 Å². The number of nitrogens with zero attached hydrogens (tertiary/aromatic N) is 4. The number of H-pyrrole nitrogens is 1. The minimum absolute atomic E-state index is 0.0317. The molecule has 0 bridgehead atoms. The first-order chi connectivity index (χ1) is 22.0. The molecule has 0 saturated heterocycles. The number of ether oxygens (including phenoxy) is 2. The van der Waals surface area contributed by atoms with E-state index in [9.17, 15) is 13.6 Å². The van der Waals surface area contributed by atoms with Crippen molar-refractivity contribution < 1.29 is 23.0 Å². The van der Waals surface area contributed by atoms with Crippen molar-refractivity contribution in [2.75, 3.05) is 38.7 Å². The van der Waals surface area contributed by atoms with Crippen LogP contribution in [0.4, 0.5) is 19.4 Å². The van der Waals surface area contributed by atoms with Gasteiger partial charge in [0.05, 0.1) is 32.2 Å². The second-order valence-corrected chi connectivity index (χ2v) is 11.4. The molecule has 240 valence electrons. The topological polar surface area (TPSA) is 117 Å². The lowest BCUT2D eigenvalue weighted by atomic mass is 9.91. The number of amides is 2. The zero-order valence-electron chi connectivity index (χ0n) is 25.6. The number of aromatic nitrogens is 4. The number of fused-ring (bicyclic) bond motifs is 1. The molecule has 1 aromatic carbocycles. The van der Waals surface area contributed by atoms with E-state index in [1.807, 2.05) is 30.3 Å². The van der Waals surface area contributed by atoms with Crippen LogP contribution in [-0.2, 0) is 16.1 Å². The number of benzene rings is 1. The van der Waals surface area contributed by atoms with E-state index in [0.29, 0.717) is 56.0 Å². The van der Waals surface area contributed by atoms with Crippen LogP contribution in [0.1, 0.15) is 50.5 Å². The van der Waals surface area contributed by atoms with E-state index in [1.165, 1.54) is 6.07 Å². The van der Waals surface area contributed by atoms with Crippen LogP contribution in [0.25, 0.3) is 22.4 Å². The number of carbonyl (C=O) groups is 1. The van der Waals surface area contributed by atoms with Crippen molar-refractivity contribution in [1.29, 1.82) is 0 Å². The maximum atomic E-state index is 14.7. The Morgan fingerprint density at radius 2 is 1.84 bits per heavy atom. The zero-order chi connectivity index (χ0) is 31.4. The molecule has 5 rings (SSSR count). The normalized spacial score (nSPS) is 16.5. The standard InChI is InChI=1S/C33H41F2N7O3/c1-42(13-6-3-7-14-44-15-16-45-22-23-9-4-2-5-10-23)33(43)40-26-12-8-11-25(18-26)39-32-29(35)21-38-31(41-32)28-20-37-30-27(28)17-24(34)19-36-30/h2,4-5,9-10,17,19-21,25-26H,3,6-8,11-16,18,22H2,1H3,(H,36,37)(H,40,43)(H,38,39,41)/t25-,26+/m1/s1. The van der Waals surface area contributed by atoms with E-state index < -0.39 is 11.6 Å². The second-order valence-electron chi connectivity index (χ2n) is 11.4. The van der Waals surface area contributed by atoms with Crippen LogP contribution in [0, 0.1) is 11.6 Å². The average Bonchev–Trinajstić information content (AvgIpc) is 3.46. The second kappa shape index (κ2) is 16.2. The van der Waals surface area contributed by atoms with Crippen LogP contribution in [-0.4, -0.2) is 76.4 Å². The van der Waals surface area contributed by atoms with Crippen molar-refractivity contribution in [2.24, 2.45) is 0 Å². The molecule has 2 atom stereocenters. The molecular formula is C33H41F2N7O3. The van der Waals surface area contributed by atoms with E-state index in [-0.39, 0.29) is 29.8 Å². The molecular weight excluding hydrogens is 580 g/mol. The molecule has 2 amide bonds. The van der Waals surface area contributed by atoms with Gasteiger partial charge in [-0.05, 0) is 56.6 Å². The number of aromatic amines is 1. The minimum Gasteiger partial charge on any atom is -0.379 e. The quantitative estimate of drug-likeness (QED) is 0.138. The van der Waals surface area contributed by atoms with Crippen LogP contribution in [0.2, 0.25) is 0 Å². The third kappa shape index (κ3) is 9.41. The third-order valence-corrected chi connectivity index (χ3v) is 7.94. The molecule has 1 aliphatic carbocycles. The minimum atomic E-state index is -0.574. The molecule has 1 fully saturated rings. The van der Waals surface area contributed by atoms with Gasteiger partial charge in [0.1, 0.15) is 11.5 Å².